The number of imide groups is 1. The zero-order valence-electron chi connectivity index (χ0n) is 18.2. The number of rotatable bonds is 10. The van der Waals surface area contributed by atoms with Crippen LogP contribution in [0.15, 0.2) is 48.5 Å². The first-order valence-electron chi connectivity index (χ1n) is 10.3. The van der Waals surface area contributed by atoms with Gasteiger partial charge in [-0.15, -0.1) is 0 Å². The van der Waals surface area contributed by atoms with Crippen molar-refractivity contribution in [3.63, 3.8) is 0 Å². The van der Waals surface area contributed by atoms with Gasteiger partial charge in [0.05, 0.1) is 18.1 Å². The summed E-state index contributed by atoms with van der Waals surface area (Å²) in [7, 11) is 0. The number of ether oxygens (including phenoxy) is 2. The molecule has 4 amide bonds. The van der Waals surface area contributed by atoms with Crippen molar-refractivity contribution < 1.29 is 28.8 Å². The fourth-order valence-electron chi connectivity index (χ4n) is 3.31. The summed E-state index contributed by atoms with van der Waals surface area (Å²) in [5, 5.41) is 16.0. The van der Waals surface area contributed by atoms with Gasteiger partial charge in [0.1, 0.15) is 30.2 Å². The maximum Gasteiger partial charge on any atom is 0.325 e. The van der Waals surface area contributed by atoms with Gasteiger partial charge in [-0.05, 0) is 55.8 Å². The second kappa shape index (κ2) is 9.98. The standard InChI is InChI=1S/C22H24N4O7/c1-3-32-17-8-10-18(11-9-17)33-13-12-23-19(27)14-25-20(28)22(2,24-21(25)29)15-4-6-16(7-5-15)26(30)31/h4-11H,3,12-14H2,1-2H3,(H,23,27)(H,24,29). The molecule has 174 valence electrons. The summed E-state index contributed by atoms with van der Waals surface area (Å²) >= 11 is 0. The van der Waals surface area contributed by atoms with Gasteiger partial charge in [-0.2, -0.15) is 0 Å². The number of nitro groups is 1. The second-order valence-corrected chi connectivity index (χ2v) is 7.35. The van der Waals surface area contributed by atoms with E-state index in [0.717, 1.165) is 10.6 Å². The Morgan fingerprint density at radius 2 is 1.70 bits per heavy atom. The average molecular weight is 456 g/mol. The molecule has 0 aliphatic carbocycles. The molecule has 11 heteroatoms. The molecule has 11 nitrogen and oxygen atoms in total. The summed E-state index contributed by atoms with van der Waals surface area (Å²) in [6.45, 7) is 3.85. The molecule has 0 radical (unpaired) electrons. The van der Waals surface area contributed by atoms with Crippen LogP contribution in [-0.4, -0.2) is 54.0 Å². The van der Waals surface area contributed by atoms with Gasteiger partial charge in [0.15, 0.2) is 0 Å². The van der Waals surface area contributed by atoms with E-state index in [1.165, 1.54) is 31.2 Å². The molecule has 1 aliphatic heterocycles. The fourth-order valence-corrected chi connectivity index (χ4v) is 3.31. The molecule has 0 bridgehead atoms. The van der Waals surface area contributed by atoms with Crippen molar-refractivity contribution in [3.05, 3.63) is 64.2 Å². The van der Waals surface area contributed by atoms with Crippen molar-refractivity contribution in [2.75, 3.05) is 26.3 Å². The predicted octanol–water partition coefficient (Wildman–Crippen LogP) is 1.96. The topological polar surface area (TPSA) is 140 Å². The number of nitrogens with one attached hydrogen (secondary N) is 2. The van der Waals surface area contributed by atoms with Crippen LogP contribution < -0.4 is 20.1 Å². The summed E-state index contributed by atoms with van der Waals surface area (Å²) in [6.07, 6.45) is 0. The number of hydrogen-bond acceptors (Lipinski definition) is 7. The molecule has 1 fully saturated rings. The number of nitrogens with zero attached hydrogens (tertiary/aromatic N) is 2. The Kier molecular flexibility index (Phi) is 7.11. The summed E-state index contributed by atoms with van der Waals surface area (Å²) < 4.78 is 10.9. The minimum Gasteiger partial charge on any atom is -0.494 e. The first-order valence-corrected chi connectivity index (χ1v) is 10.3. The van der Waals surface area contributed by atoms with Crippen molar-refractivity contribution in [2.45, 2.75) is 19.4 Å². The largest absolute Gasteiger partial charge is 0.494 e. The predicted molar refractivity (Wildman–Crippen MR) is 117 cm³/mol. The van der Waals surface area contributed by atoms with Crippen LogP contribution >= 0.6 is 0 Å². The number of carbonyl (C=O) groups is 3. The van der Waals surface area contributed by atoms with E-state index in [9.17, 15) is 24.5 Å². The number of carbonyl (C=O) groups excluding carboxylic acids is 3. The van der Waals surface area contributed by atoms with Gasteiger partial charge in [0.2, 0.25) is 5.91 Å². The molecular weight excluding hydrogens is 432 g/mol. The minimum atomic E-state index is -1.43. The lowest BCUT2D eigenvalue weighted by Crippen LogP contribution is -2.43. The second-order valence-electron chi connectivity index (χ2n) is 7.35. The fraction of sp³-hybridized carbons (Fsp3) is 0.318. The van der Waals surface area contributed by atoms with Gasteiger partial charge in [-0.3, -0.25) is 24.6 Å². The van der Waals surface area contributed by atoms with Crippen molar-refractivity contribution in [2.24, 2.45) is 0 Å². The van der Waals surface area contributed by atoms with E-state index in [0.29, 0.717) is 17.9 Å². The zero-order chi connectivity index (χ0) is 24.0. The summed E-state index contributed by atoms with van der Waals surface area (Å²) in [5.41, 5.74) is -1.19. The smallest absolute Gasteiger partial charge is 0.325 e. The van der Waals surface area contributed by atoms with Crippen LogP contribution in [0.4, 0.5) is 10.5 Å². The number of nitro benzene ring substituents is 1. The van der Waals surface area contributed by atoms with Gasteiger partial charge in [0.25, 0.3) is 11.6 Å². The molecular formula is C22H24N4O7. The Bertz CT molecular complexity index is 1040. The molecule has 3 rings (SSSR count). The van der Waals surface area contributed by atoms with Gasteiger partial charge in [-0.1, -0.05) is 0 Å². The van der Waals surface area contributed by atoms with E-state index in [1.807, 2.05) is 6.92 Å². The molecule has 1 atom stereocenters. The van der Waals surface area contributed by atoms with E-state index in [-0.39, 0.29) is 18.8 Å². The van der Waals surface area contributed by atoms with Gasteiger partial charge in [-0.25, -0.2) is 4.79 Å². The van der Waals surface area contributed by atoms with Crippen LogP contribution in [0, 0.1) is 10.1 Å². The zero-order valence-corrected chi connectivity index (χ0v) is 18.2. The maximum absolute atomic E-state index is 12.9. The van der Waals surface area contributed by atoms with Crippen LogP contribution in [0.3, 0.4) is 0 Å². The van der Waals surface area contributed by atoms with E-state index < -0.39 is 34.9 Å². The molecule has 1 aliphatic rings. The first-order chi connectivity index (χ1) is 15.7. The molecule has 1 saturated heterocycles. The quantitative estimate of drug-likeness (QED) is 0.241. The van der Waals surface area contributed by atoms with E-state index >= 15 is 0 Å². The molecule has 0 aromatic heterocycles. The summed E-state index contributed by atoms with van der Waals surface area (Å²) in [5.74, 6) is 0.192. The molecule has 33 heavy (non-hydrogen) atoms. The lowest BCUT2D eigenvalue weighted by Gasteiger charge is -2.22. The average Bonchev–Trinajstić information content (AvgIpc) is 3.02. The van der Waals surface area contributed by atoms with Crippen molar-refractivity contribution in [1.82, 2.24) is 15.5 Å². The number of benzene rings is 2. The summed E-state index contributed by atoms with van der Waals surface area (Å²) in [6, 6.07) is 11.6. The third-order valence-corrected chi connectivity index (χ3v) is 5.06. The van der Waals surface area contributed by atoms with Crippen molar-refractivity contribution in [3.8, 4) is 11.5 Å². The van der Waals surface area contributed by atoms with Crippen LogP contribution in [0.25, 0.3) is 0 Å². The highest BCUT2D eigenvalue weighted by molar-refractivity contribution is 6.09. The number of amides is 4. The monoisotopic (exact) mass is 456 g/mol. The first kappa shape index (κ1) is 23.5. The Hall–Kier alpha value is -4.15. The molecule has 0 spiro atoms. The normalized spacial score (nSPS) is 17.5. The van der Waals surface area contributed by atoms with Crippen LogP contribution in [0.2, 0.25) is 0 Å². The highest BCUT2D eigenvalue weighted by atomic mass is 16.6. The van der Waals surface area contributed by atoms with Gasteiger partial charge >= 0.3 is 6.03 Å². The van der Waals surface area contributed by atoms with Gasteiger partial charge in [0, 0.05) is 12.1 Å². The van der Waals surface area contributed by atoms with Crippen molar-refractivity contribution >= 4 is 23.5 Å². The Morgan fingerprint density at radius 1 is 1.09 bits per heavy atom. The van der Waals surface area contributed by atoms with Crippen LogP contribution in [0.1, 0.15) is 19.4 Å². The molecule has 0 saturated carbocycles. The SMILES string of the molecule is CCOc1ccc(OCCNC(=O)CN2C(=O)NC(C)(c3ccc([N+](=O)[O-])cc3)C2=O)cc1. The summed E-state index contributed by atoms with van der Waals surface area (Å²) in [4.78, 5) is 48.6. The lowest BCUT2D eigenvalue weighted by atomic mass is 9.92. The third-order valence-electron chi connectivity index (χ3n) is 5.06. The number of non-ortho nitro benzene ring substituents is 1. The highest BCUT2D eigenvalue weighted by Crippen LogP contribution is 2.29. The number of urea groups is 1. The molecule has 1 unspecified atom stereocenters. The van der Waals surface area contributed by atoms with Crippen molar-refractivity contribution in [1.29, 1.82) is 0 Å². The Morgan fingerprint density at radius 3 is 2.27 bits per heavy atom. The third kappa shape index (κ3) is 5.37. The number of hydrogen-bond donors (Lipinski definition) is 2. The molecule has 2 N–H and O–H groups in total. The molecule has 2 aromatic rings. The Balaban J connectivity index is 1.50. The van der Waals surface area contributed by atoms with E-state index in [4.69, 9.17) is 9.47 Å². The van der Waals surface area contributed by atoms with Crippen LogP contribution in [0.5, 0.6) is 11.5 Å². The maximum atomic E-state index is 12.9. The minimum absolute atomic E-state index is 0.136. The molecule has 2 aromatic carbocycles. The highest BCUT2D eigenvalue weighted by Gasteiger charge is 2.49. The van der Waals surface area contributed by atoms with E-state index in [2.05, 4.69) is 10.6 Å². The van der Waals surface area contributed by atoms with Crippen LogP contribution in [-0.2, 0) is 15.1 Å². The van der Waals surface area contributed by atoms with Gasteiger partial charge < -0.3 is 20.1 Å². The van der Waals surface area contributed by atoms with E-state index in [1.54, 1.807) is 24.3 Å². The lowest BCUT2D eigenvalue weighted by molar-refractivity contribution is -0.384. The Labute approximate surface area is 189 Å². The molecule has 1 heterocycles.